The van der Waals surface area contributed by atoms with E-state index in [0.29, 0.717) is 13.0 Å². The Morgan fingerprint density at radius 3 is 2.83 bits per heavy atom. The van der Waals surface area contributed by atoms with Crippen LogP contribution in [0.4, 0.5) is 0 Å². The molecule has 18 heavy (non-hydrogen) atoms. The number of nitrogens with zero attached hydrogens (tertiary/aromatic N) is 1. The molecule has 0 aromatic rings. The van der Waals surface area contributed by atoms with Crippen LogP contribution in [0.5, 0.6) is 0 Å². The molecule has 102 valence electrons. The van der Waals surface area contributed by atoms with E-state index >= 15 is 0 Å². The number of amides is 2. The average Bonchev–Trinajstić information content (AvgIpc) is 2.41. The molecule has 2 amide bonds. The molecule has 0 aliphatic carbocycles. The van der Waals surface area contributed by atoms with Crippen molar-refractivity contribution in [2.24, 2.45) is 0 Å². The lowest BCUT2D eigenvalue weighted by Crippen LogP contribution is -3.14. The molecule has 0 radical (unpaired) electrons. The molecule has 0 aromatic heterocycles. The van der Waals surface area contributed by atoms with Crippen molar-refractivity contribution in [1.29, 1.82) is 0 Å². The second-order valence-corrected chi connectivity index (χ2v) is 5.11. The summed E-state index contributed by atoms with van der Waals surface area (Å²) in [5, 5.41) is 4.79. The van der Waals surface area contributed by atoms with Gasteiger partial charge < -0.3 is 20.4 Å². The van der Waals surface area contributed by atoms with E-state index < -0.39 is 0 Å². The molecule has 4 N–H and O–H groups in total. The quantitative estimate of drug-likeness (QED) is 0.484. The monoisotopic (exact) mass is 256 g/mol. The van der Waals surface area contributed by atoms with E-state index in [4.69, 9.17) is 0 Å². The Morgan fingerprint density at radius 2 is 2.22 bits per heavy atom. The summed E-state index contributed by atoms with van der Waals surface area (Å²) in [6, 6.07) is -0.220. The number of hydrogen-bond donors (Lipinski definition) is 3. The number of rotatable bonds is 3. The number of carbonyl (C=O) groups is 2. The van der Waals surface area contributed by atoms with Gasteiger partial charge in [-0.15, -0.1) is 0 Å². The van der Waals surface area contributed by atoms with E-state index in [1.54, 1.807) is 4.90 Å². The number of hydrogen-bond acceptors (Lipinski definition) is 2. The molecule has 6 nitrogen and oxygen atoms in total. The van der Waals surface area contributed by atoms with Crippen LogP contribution in [0.2, 0.25) is 0 Å². The first-order valence-corrected chi connectivity index (χ1v) is 6.93. The minimum Gasteiger partial charge on any atom is -0.345 e. The van der Waals surface area contributed by atoms with Gasteiger partial charge in [0.05, 0.1) is 52.2 Å². The maximum Gasteiger partial charge on any atom is 0.278 e. The molecule has 6 heteroatoms. The highest BCUT2D eigenvalue weighted by Gasteiger charge is 2.31. The van der Waals surface area contributed by atoms with Crippen LogP contribution in [0.1, 0.15) is 13.3 Å². The van der Waals surface area contributed by atoms with E-state index in [9.17, 15) is 9.59 Å². The maximum absolute atomic E-state index is 12.1. The van der Waals surface area contributed by atoms with Gasteiger partial charge in [-0.25, -0.2) is 0 Å². The Balaban J connectivity index is 1.79. The average molecular weight is 256 g/mol. The van der Waals surface area contributed by atoms with Crippen LogP contribution in [-0.4, -0.2) is 68.6 Å². The van der Waals surface area contributed by atoms with Crippen molar-refractivity contribution >= 4 is 11.8 Å². The molecule has 0 bridgehead atoms. The minimum atomic E-state index is -0.220. The van der Waals surface area contributed by atoms with Crippen LogP contribution in [0.3, 0.4) is 0 Å². The Hall–Kier alpha value is -1.14. The van der Waals surface area contributed by atoms with Crippen molar-refractivity contribution in [3.63, 3.8) is 0 Å². The summed E-state index contributed by atoms with van der Waals surface area (Å²) >= 11 is 0. The van der Waals surface area contributed by atoms with Gasteiger partial charge in [0.1, 0.15) is 0 Å². The van der Waals surface area contributed by atoms with E-state index in [-0.39, 0.29) is 17.9 Å². The number of nitrogens with one attached hydrogen (secondary N) is 2. The highest BCUT2D eigenvalue weighted by Crippen LogP contribution is 1.99. The number of nitrogens with two attached hydrogens (primary N) is 1. The zero-order valence-electron chi connectivity index (χ0n) is 11.1. The van der Waals surface area contributed by atoms with E-state index in [0.717, 1.165) is 39.3 Å². The lowest BCUT2D eigenvalue weighted by Gasteiger charge is -2.32. The lowest BCUT2D eigenvalue weighted by molar-refractivity contribution is -0.902. The second kappa shape index (κ2) is 6.15. The molecule has 1 atom stereocenters. The SMILES string of the molecule is CC[NH+]1CCN(C(=O)C[C@@H]2[NH2+]CCNC2=O)CC1. The third kappa shape index (κ3) is 3.20. The Labute approximate surface area is 108 Å². The van der Waals surface area contributed by atoms with Gasteiger partial charge in [0.25, 0.3) is 5.91 Å². The smallest absolute Gasteiger partial charge is 0.278 e. The second-order valence-electron chi connectivity index (χ2n) is 5.11. The number of carbonyl (C=O) groups excluding carboxylic acids is 2. The molecule has 2 fully saturated rings. The standard InChI is InChI=1S/C12H22N4O2/c1-2-15-5-7-16(8-6-15)11(17)9-10-12(18)14-4-3-13-10/h10,13H,2-9H2,1H3,(H,14,18)/p+2/t10-/m0/s1. The van der Waals surface area contributed by atoms with Gasteiger partial charge >= 0.3 is 0 Å². The van der Waals surface area contributed by atoms with Crippen LogP contribution in [0.15, 0.2) is 0 Å². The number of likely N-dealkylation sites (N-methyl/N-ethyl adjacent to an activating group) is 1. The summed E-state index contributed by atoms with van der Waals surface area (Å²) in [6.45, 7) is 8.60. The zero-order valence-corrected chi connectivity index (χ0v) is 11.1. The molecule has 2 heterocycles. The fourth-order valence-corrected chi connectivity index (χ4v) is 2.64. The fraction of sp³-hybridized carbons (Fsp3) is 0.833. The van der Waals surface area contributed by atoms with Gasteiger partial charge in [-0.2, -0.15) is 0 Å². The van der Waals surface area contributed by atoms with Crippen LogP contribution in [0, 0.1) is 0 Å². The van der Waals surface area contributed by atoms with E-state index in [1.807, 2.05) is 10.2 Å². The molecule has 2 saturated heterocycles. The molecule has 2 aliphatic heterocycles. The number of piperazine rings is 2. The first kappa shape index (κ1) is 13.3. The zero-order chi connectivity index (χ0) is 13.0. The molecule has 0 spiro atoms. The highest BCUT2D eigenvalue weighted by atomic mass is 16.2. The molecule has 0 unspecified atom stereocenters. The van der Waals surface area contributed by atoms with Gasteiger partial charge in [0.2, 0.25) is 5.91 Å². The van der Waals surface area contributed by atoms with Gasteiger partial charge in [0.15, 0.2) is 6.04 Å². The van der Waals surface area contributed by atoms with Crippen molar-refractivity contribution in [1.82, 2.24) is 10.2 Å². The lowest BCUT2D eigenvalue weighted by atomic mass is 10.1. The summed E-state index contributed by atoms with van der Waals surface area (Å²) < 4.78 is 0. The molecule has 0 aromatic carbocycles. The van der Waals surface area contributed by atoms with Crippen LogP contribution in [-0.2, 0) is 9.59 Å². The summed E-state index contributed by atoms with van der Waals surface area (Å²) in [7, 11) is 0. The molecule has 0 saturated carbocycles. The van der Waals surface area contributed by atoms with Crippen molar-refractivity contribution in [3.8, 4) is 0 Å². The summed E-state index contributed by atoms with van der Waals surface area (Å²) in [4.78, 5) is 27.2. The van der Waals surface area contributed by atoms with Crippen LogP contribution in [0.25, 0.3) is 0 Å². The maximum atomic E-state index is 12.1. The Bertz CT molecular complexity index is 313. The highest BCUT2D eigenvalue weighted by molar-refractivity contribution is 5.87. The predicted octanol–water partition coefficient (Wildman–Crippen LogP) is -3.81. The molecular weight excluding hydrogens is 232 g/mol. The van der Waals surface area contributed by atoms with Crippen molar-refractivity contribution in [2.75, 3.05) is 45.8 Å². The van der Waals surface area contributed by atoms with Crippen molar-refractivity contribution in [3.05, 3.63) is 0 Å². The van der Waals surface area contributed by atoms with E-state index in [1.165, 1.54) is 0 Å². The van der Waals surface area contributed by atoms with Gasteiger partial charge in [-0.05, 0) is 6.92 Å². The molecular formula is C12H24N4O2+2. The van der Waals surface area contributed by atoms with Crippen molar-refractivity contribution < 1.29 is 19.8 Å². The first-order chi connectivity index (χ1) is 8.70. The summed E-state index contributed by atoms with van der Waals surface area (Å²) in [5.41, 5.74) is 0. The third-order valence-corrected chi connectivity index (χ3v) is 3.95. The number of quaternary nitrogens is 2. The fourth-order valence-electron chi connectivity index (χ4n) is 2.64. The topological polar surface area (TPSA) is 70.5 Å². The third-order valence-electron chi connectivity index (χ3n) is 3.95. The summed E-state index contributed by atoms with van der Waals surface area (Å²) in [6.07, 6.45) is 0.341. The first-order valence-electron chi connectivity index (χ1n) is 6.93. The van der Waals surface area contributed by atoms with E-state index in [2.05, 4.69) is 12.2 Å². The van der Waals surface area contributed by atoms with Gasteiger partial charge in [-0.3, -0.25) is 9.59 Å². The predicted molar refractivity (Wildman–Crippen MR) is 66.0 cm³/mol. The Kier molecular flexibility index (Phi) is 4.54. The normalized spacial score (nSPS) is 25.9. The molecule has 2 rings (SSSR count). The minimum absolute atomic E-state index is 0.00687. The summed E-state index contributed by atoms with van der Waals surface area (Å²) in [5.74, 6) is 0.135. The van der Waals surface area contributed by atoms with Crippen LogP contribution < -0.4 is 15.5 Å². The van der Waals surface area contributed by atoms with Crippen molar-refractivity contribution in [2.45, 2.75) is 19.4 Å². The van der Waals surface area contributed by atoms with Gasteiger partial charge in [-0.1, -0.05) is 0 Å². The molecule has 2 aliphatic rings. The largest absolute Gasteiger partial charge is 0.345 e. The Morgan fingerprint density at radius 1 is 1.50 bits per heavy atom. The van der Waals surface area contributed by atoms with Crippen LogP contribution >= 0.6 is 0 Å². The van der Waals surface area contributed by atoms with Gasteiger partial charge in [0, 0.05) is 0 Å².